The van der Waals surface area contributed by atoms with Gasteiger partial charge in [0.25, 0.3) is 0 Å². The van der Waals surface area contributed by atoms with Crippen LogP contribution in [0.3, 0.4) is 0 Å². The Morgan fingerprint density at radius 2 is 2.31 bits per heavy atom. The van der Waals surface area contributed by atoms with Crippen molar-refractivity contribution in [3.8, 4) is 0 Å². The van der Waals surface area contributed by atoms with Gasteiger partial charge in [0, 0.05) is 0 Å². The lowest BCUT2D eigenvalue weighted by Crippen LogP contribution is -2.35. The second-order valence-electron chi connectivity index (χ2n) is 4.71. The average Bonchev–Trinajstić information content (AvgIpc) is 2.14. The first-order valence-corrected chi connectivity index (χ1v) is 5.32. The third kappa shape index (κ3) is 3.34. The van der Waals surface area contributed by atoms with Gasteiger partial charge >= 0.3 is 6.03 Å². The van der Waals surface area contributed by atoms with Gasteiger partial charge in [0.15, 0.2) is 0 Å². The molecular weight excluding hydrogens is 206 g/mol. The zero-order valence-corrected chi connectivity index (χ0v) is 9.95. The standard InChI is InChI=1S/C11H19N3O2/c1-7-4-5-8(11(2,3)16)6-9(7)13-14-10(12)15/h4,8,16H,5-6H2,1-3H3,(H3,12,14,15)/b13-9+. The summed E-state index contributed by atoms with van der Waals surface area (Å²) in [4.78, 5) is 10.6. The summed E-state index contributed by atoms with van der Waals surface area (Å²) in [5.41, 5.74) is 8.22. The predicted octanol–water partition coefficient (Wildman–Crippen LogP) is 1.14. The minimum atomic E-state index is -0.745. The molecule has 0 fully saturated rings. The van der Waals surface area contributed by atoms with E-state index in [0.717, 1.165) is 17.7 Å². The second kappa shape index (κ2) is 4.65. The minimum Gasteiger partial charge on any atom is -0.390 e. The van der Waals surface area contributed by atoms with E-state index < -0.39 is 11.6 Å². The van der Waals surface area contributed by atoms with Gasteiger partial charge in [-0.1, -0.05) is 6.08 Å². The Labute approximate surface area is 95.4 Å². The highest BCUT2D eigenvalue weighted by molar-refractivity contribution is 6.00. The normalized spacial score (nSPS) is 24.1. The molecule has 1 aliphatic carbocycles. The number of hydrogen-bond donors (Lipinski definition) is 3. The Balaban J connectivity index is 2.79. The number of aliphatic hydroxyl groups is 1. The van der Waals surface area contributed by atoms with Crippen LogP contribution < -0.4 is 11.2 Å². The van der Waals surface area contributed by atoms with E-state index in [1.165, 1.54) is 0 Å². The molecule has 5 nitrogen and oxygen atoms in total. The Morgan fingerprint density at radius 3 is 2.81 bits per heavy atom. The van der Waals surface area contributed by atoms with Crippen molar-refractivity contribution in [1.29, 1.82) is 0 Å². The zero-order chi connectivity index (χ0) is 12.3. The van der Waals surface area contributed by atoms with Crippen LogP contribution in [-0.2, 0) is 0 Å². The lowest BCUT2D eigenvalue weighted by atomic mass is 9.79. The molecule has 16 heavy (non-hydrogen) atoms. The van der Waals surface area contributed by atoms with Gasteiger partial charge in [0.05, 0.1) is 11.3 Å². The largest absolute Gasteiger partial charge is 0.390 e. The van der Waals surface area contributed by atoms with Gasteiger partial charge in [0.2, 0.25) is 0 Å². The summed E-state index contributed by atoms with van der Waals surface area (Å²) in [5, 5.41) is 13.9. The van der Waals surface area contributed by atoms with Crippen LogP contribution in [0, 0.1) is 5.92 Å². The van der Waals surface area contributed by atoms with Gasteiger partial charge in [-0.2, -0.15) is 5.10 Å². The molecule has 4 N–H and O–H groups in total. The Bertz CT molecular complexity index is 340. The maximum absolute atomic E-state index is 10.6. The van der Waals surface area contributed by atoms with Gasteiger partial charge in [-0.3, -0.25) is 0 Å². The van der Waals surface area contributed by atoms with Crippen molar-refractivity contribution in [3.63, 3.8) is 0 Å². The molecule has 1 aliphatic rings. The molecule has 1 unspecified atom stereocenters. The highest BCUT2D eigenvalue weighted by Gasteiger charge is 2.30. The first-order valence-electron chi connectivity index (χ1n) is 5.32. The fraction of sp³-hybridized carbons (Fsp3) is 0.636. The Kier molecular flexibility index (Phi) is 3.70. The van der Waals surface area contributed by atoms with Crippen molar-refractivity contribution in [3.05, 3.63) is 11.6 Å². The number of nitrogens with zero attached hydrogens (tertiary/aromatic N) is 1. The SMILES string of the molecule is CC1=CCC(C(C)(C)O)C/C1=N\NC(N)=O. The van der Waals surface area contributed by atoms with E-state index >= 15 is 0 Å². The van der Waals surface area contributed by atoms with E-state index in [0.29, 0.717) is 6.42 Å². The predicted molar refractivity (Wildman–Crippen MR) is 62.9 cm³/mol. The van der Waals surface area contributed by atoms with Gasteiger partial charge in [0.1, 0.15) is 0 Å². The lowest BCUT2D eigenvalue weighted by molar-refractivity contribution is 0.0204. The molecule has 1 atom stereocenters. The molecule has 90 valence electrons. The second-order valence-corrected chi connectivity index (χ2v) is 4.71. The smallest absolute Gasteiger partial charge is 0.332 e. The average molecular weight is 225 g/mol. The molecule has 0 spiro atoms. The van der Waals surface area contributed by atoms with Crippen molar-refractivity contribution in [2.24, 2.45) is 16.8 Å². The summed E-state index contributed by atoms with van der Waals surface area (Å²) in [6.45, 7) is 5.50. The topological polar surface area (TPSA) is 87.7 Å². The molecular formula is C11H19N3O2. The highest BCUT2D eigenvalue weighted by Crippen LogP contribution is 2.30. The van der Waals surface area contributed by atoms with Crippen LogP contribution in [0.5, 0.6) is 0 Å². The molecule has 0 aromatic carbocycles. The number of primary amides is 1. The molecule has 0 bridgehead atoms. The van der Waals surface area contributed by atoms with Crippen molar-refractivity contribution < 1.29 is 9.90 Å². The maximum Gasteiger partial charge on any atom is 0.332 e. The van der Waals surface area contributed by atoms with Gasteiger partial charge in [-0.15, -0.1) is 0 Å². The van der Waals surface area contributed by atoms with Crippen LogP contribution in [0.2, 0.25) is 0 Å². The van der Waals surface area contributed by atoms with Crippen LogP contribution in [0.15, 0.2) is 16.8 Å². The number of amides is 2. The molecule has 0 saturated heterocycles. The first-order chi connectivity index (χ1) is 7.30. The molecule has 0 aromatic rings. The summed E-state index contributed by atoms with van der Waals surface area (Å²) in [7, 11) is 0. The fourth-order valence-corrected chi connectivity index (χ4v) is 1.71. The lowest BCUT2D eigenvalue weighted by Gasteiger charge is -2.31. The molecule has 0 heterocycles. The molecule has 0 aliphatic heterocycles. The van der Waals surface area contributed by atoms with Crippen molar-refractivity contribution >= 4 is 11.7 Å². The molecule has 0 aromatic heterocycles. The van der Waals surface area contributed by atoms with Crippen LogP contribution in [0.1, 0.15) is 33.6 Å². The number of allylic oxidation sites excluding steroid dienone is 2. The van der Waals surface area contributed by atoms with Crippen molar-refractivity contribution in [1.82, 2.24) is 5.43 Å². The number of hydrogen-bond acceptors (Lipinski definition) is 3. The number of nitrogens with two attached hydrogens (primary N) is 1. The summed E-state index contributed by atoms with van der Waals surface area (Å²) >= 11 is 0. The zero-order valence-electron chi connectivity index (χ0n) is 9.95. The number of nitrogens with one attached hydrogen (secondary N) is 1. The van der Waals surface area contributed by atoms with Crippen molar-refractivity contribution in [2.75, 3.05) is 0 Å². The summed E-state index contributed by atoms with van der Waals surface area (Å²) in [6, 6.07) is -0.675. The molecule has 0 radical (unpaired) electrons. The number of hydrazone groups is 1. The Hall–Kier alpha value is -1.36. The van der Waals surface area contributed by atoms with E-state index in [2.05, 4.69) is 10.5 Å². The van der Waals surface area contributed by atoms with Crippen LogP contribution >= 0.6 is 0 Å². The highest BCUT2D eigenvalue weighted by atomic mass is 16.3. The summed E-state index contributed by atoms with van der Waals surface area (Å²) < 4.78 is 0. The molecule has 1 rings (SSSR count). The number of carbonyl (C=O) groups excluding carboxylic acids is 1. The third-order valence-corrected chi connectivity index (χ3v) is 2.90. The molecule has 0 saturated carbocycles. The van der Waals surface area contributed by atoms with Crippen LogP contribution in [0.25, 0.3) is 0 Å². The monoisotopic (exact) mass is 225 g/mol. The van der Waals surface area contributed by atoms with E-state index in [-0.39, 0.29) is 5.92 Å². The summed E-state index contributed by atoms with van der Waals surface area (Å²) in [5.74, 6) is 0.115. The van der Waals surface area contributed by atoms with E-state index in [1.54, 1.807) is 13.8 Å². The Morgan fingerprint density at radius 1 is 1.69 bits per heavy atom. The summed E-state index contributed by atoms with van der Waals surface area (Å²) in [6.07, 6.45) is 3.49. The fourth-order valence-electron chi connectivity index (χ4n) is 1.71. The minimum absolute atomic E-state index is 0.115. The quantitative estimate of drug-likeness (QED) is 0.615. The number of carbonyl (C=O) groups is 1. The molecule has 5 heteroatoms. The third-order valence-electron chi connectivity index (χ3n) is 2.90. The number of urea groups is 1. The van der Waals surface area contributed by atoms with Gasteiger partial charge in [-0.25, -0.2) is 10.2 Å². The van der Waals surface area contributed by atoms with E-state index in [4.69, 9.17) is 5.73 Å². The first kappa shape index (κ1) is 12.7. The van der Waals surface area contributed by atoms with Crippen LogP contribution in [0.4, 0.5) is 4.79 Å². The maximum atomic E-state index is 10.6. The molecule has 2 amide bonds. The van der Waals surface area contributed by atoms with Gasteiger partial charge < -0.3 is 10.8 Å². The van der Waals surface area contributed by atoms with E-state index in [1.807, 2.05) is 13.0 Å². The van der Waals surface area contributed by atoms with Crippen molar-refractivity contribution in [2.45, 2.75) is 39.2 Å². The number of rotatable bonds is 2. The van der Waals surface area contributed by atoms with Crippen LogP contribution in [-0.4, -0.2) is 22.5 Å². The van der Waals surface area contributed by atoms with Gasteiger partial charge in [-0.05, 0) is 45.1 Å². The van der Waals surface area contributed by atoms with E-state index in [9.17, 15) is 9.90 Å².